The highest BCUT2D eigenvalue weighted by Gasteiger charge is 2.27. The lowest BCUT2D eigenvalue weighted by Crippen LogP contribution is -2.49. The van der Waals surface area contributed by atoms with E-state index < -0.39 is 10.0 Å². The third kappa shape index (κ3) is 6.53. The highest BCUT2D eigenvalue weighted by Crippen LogP contribution is 2.31. The standard InChI is InChI=1S/C30H27Cl2N3O5S/c1-39-29-9-5-3-7-27(29)34-16-18-35(19-17-34)30(36)24-20-21(31)10-15-26(24)33-41(37,38)23-13-11-22(12-14-23)40-28-8-4-2-6-25(28)32/h2-15,20,33H,16-19H2,1H3. The average Bonchev–Trinajstić information content (AvgIpc) is 2.99. The van der Waals surface area contributed by atoms with Crippen LogP contribution in [0.3, 0.4) is 0 Å². The van der Waals surface area contributed by atoms with Gasteiger partial charge in [-0.25, -0.2) is 8.42 Å². The Balaban J connectivity index is 1.30. The third-order valence-electron chi connectivity index (χ3n) is 6.65. The molecule has 0 aromatic heterocycles. The van der Waals surface area contributed by atoms with Crippen LogP contribution in [0.5, 0.6) is 17.2 Å². The number of ether oxygens (including phenoxy) is 2. The molecule has 41 heavy (non-hydrogen) atoms. The Morgan fingerprint density at radius 2 is 1.49 bits per heavy atom. The number of carbonyl (C=O) groups excluding carboxylic acids is 1. The molecule has 0 spiro atoms. The van der Waals surface area contributed by atoms with Gasteiger partial charge in [-0.15, -0.1) is 0 Å². The number of sulfonamides is 1. The van der Waals surface area contributed by atoms with Gasteiger partial charge in [0.15, 0.2) is 0 Å². The van der Waals surface area contributed by atoms with Gasteiger partial charge in [0.2, 0.25) is 0 Å². The summed E-state index contributed by atoms with van der Waals surface area (Å²) in [5.41, 5.74) is 1.27. The van der Waals surface area contributed by atoms with Crippen LogP contribution in [0.1, 0.15) is 10.4 Å². The molecule has 1 aliphatic rings. The maximum atomic E-state index is 13.6. The van der Waals surface area contributed by atoms with E-state index in [1.165, 1.54) is 42.5 Å². The number of nitrogens with one attached hydrogen (secondary N) is 1. The van der Waals surface area contributed by atoms with Gasteiger partial charge in [-0.2, -0.15) is 0 Å². The van der Waals surface area contributed by atoms with Crippen molar-refractivity contribution in [3.05, 3.63) is 107 Å². The van der Waals surface area contributed by atoms with Gasteiger partial charge in [0.25, 0.3) is 15.9 Å². The summed E-state index contributed by atoms with van der Waals surface area (Å²) >= 11 is 12.4. The molecular formula is C30H27Cl2N3O5S. The van der Waals surface area contributed by atoms with Gasteiger partial charge in [0.05, 0.1) is 34.0 Å². The van der Waals surface area contributed by atoms with Crippen molar-refractivity contribution in [2.45, 2.75) is 4.90 Å². The number of methoxy groups -OCH3 is 1. The van der Waals surface area contributed by atoms with Crippen molar-refractivity contribution in [2.75, 3.05) is 42.9 Å². The van der Waals surface area contributed by atoms with E-state index in [0.717, 1.165) is 11.4 Å². The summed E-state index contributed by atoms with van der Waals surface area (Å²) in [4.78, 5) is 17.4. The minimum Gasteiger partial charge on any atom is -0.495 e. The Morgan fingerprint density at radius 1 is 0.829 bits per heavy atom. The van der Waals surface area contributed by atoms with Crippen molar-refractivity contribution >= 4 is 50.5 Å². The lowest BCUT2D eigenvalue weighted by atomic mass is 10.1. The van der Waals surface area contributed by atoms with Gasteiger partial charge in [0, 0.05) is 31.2 Å². The van der Waals surface area contributed by atoms with Crippen molar-refractivity contribution in [3.63, 3.8) is 0 Å². The Kier molecular flexibility index (Phi) is 8.58. The molecule has 1 fully saturated rings. The fraction of sp³-hybridized carbons (Fsp3) is 0.167. The molecule has 1 saturated heterocycles. The summed E-state index contributed by atoms with van der Waals surface area (Å²) in [5.74, 6) is 1.33. The van der Waals surface area contributed by atoms with Gasteiger partial charge >= 0.3 is 0 Å². The Hall–Kier alpha value is -3.92. The molecule has 212 valence electrons. The van der Waals surface area contributed by atoms with Crippen LogP contribution >= 0.6 is 23.2 Å². The molecule has 11 heteroatoms. The van der Waals surface area contributed by atoms with E-state index in [4.69, 9.17) is 32.7 Å². The van der Waals surface area contributed by atoms with E-state index >= 15 is 0 Å². The highest BCUT2D eigenvalue weighted by molar-refractivity contribution is 7.92. The number of nitrogens with zero attached hydrogens (tertiary/aromatic N) is 2. The number of para-hydroxylation sites is 3. The van der Waals surface area contributed by atoms with Crippen molar-refractivity contribution in [2.24, 2.45) is 0 Å². The topological polar surface area (TPSA) is 88.2 Å². The van der Waals surface area contributed by atoms with Crippen LogP contribution in [0.4, 0.5) is 11.4 Å². The quantitative estimate of drug-likeness (QED) is 0.243. The van der Waals surface area contributed by atoms with Gasteiger partial charge in [0.1, 0.15) is 17.2 Å². The number of hydrogen-bond donors (Lipinski definition) is 1. The number of amides is 1. The van der Waals surface area contributed by atoms with Gasteiger partial charge in [-0.1, -0.05) is 47.5 Å². The maximum Gasteiger partial charge on any atom is 0.261 e. The van der Waals surface area contributed by atoms with Gasteiger partial charge in [-0.05, 0) is 66.7 Å². The van der Waals surface area contributed by atoms with Crippen LogP contribution < -0.4 is 19.1 Å². The number of piperazine rings is 1. The molecule has 0 radical (unpaired) electrons. The molecule has 5 rings (SSSR count). The predicted octanol–water partition coefficient (Wildman–Crippen LogP) is 6.56. The second-order valence-electron chi connectivity index (χ2n) is 9.25. The summed E-state index contributed by atoms with van der Waals surface area (Å²) in [6.45, 7) is 2.08. The number of anilines is 2. The molecule has 8 nitrogen and oxygen atoms in total. The largest absolute Gasteiger partial charge is 0.495 e. The van der Waals surface area contributed by atoms with Crippen LogP contribution in [0.25, 0.3) is 0 Å². The molecule has 1 aliphatic heterocycles. The first-order chi connectivity index (χ1) is 19.7. The summed E-state index contributed by atoms with van der Waals surface area (Å²) in [6, 6.07) is 25.1. The van der Waals surface area contributed by atoms with E-state index in [2.05, 4.69) is 9.62 Å². The molecule has 1 amide bonds. The van der Waals surface area contributed by atoms with E-state index in [0.29, 0.717) is 47.7 Å². The molecule has 0 atom stereocenters. The maximum absolute atomic E-state index is 13.6. The fourth-order valence-electron chi connectivity index (χ4n) is 4.54. The molecule has 0 bridgehead atoms. The monoisotopic (exact) mass is 611 g/mol. The molecule has 1 heterocycles. The molecule has 1 N–H and O–H groups in total. The molecule has 4 aromatic rings. The Labute approximate surface area is 249 Å². The van der Waals surface area contributed by atoms with Crippen LogP contribution in [0.15, 0.2) is 95.9 Å². The number of halogens is 2. The van der Waals surface area contributed by atoms with E-state index in [-0.39, 0.29) is 22.1 Å². The summed E-state index contributed by atoms with van der Waals surface area (Å²) in [6.07, 6.45) is 0. The minimum atomic E-state index is -4.03. The number of hydrogen-bond acceptors (Lipinski definition) is 6. The number of rotatable bonds is 8. The van der Waals surface area contributed by atoms with Crippen LogP contribution in [0, 0.1) is 0 Å². The smallest absolute Gasteiger partial charge is 0.261 e. The molecule has 0 saturated carbocycles. The minimum absolute atomic E-state index is 0.00257. The number of benzene rings is 4. The van der Waals surface area contributed by atoms with Crippen molar-refractivity contribution in [1.29, 1.82) is 0 Å². The van der Waals surface area contributed by atoms with Gasteiger partial charge in [-0.3, -0.25) is 9.52 Å². The zero-order valence-electron chi connectivity index (χ0n) is 22.1. The third-order valence-corrected chi connectivity index (χ3v) is 8.58. The second kappa shape index (κ2) is 12.3. The van der Waals surface area contributed by atoms with E-state index in [1.54, 1.807) is 36.3 Å². The van der Waals surface area contributed by atoms with E-state index in [9.17, 15) is 13.2 Å². The highest BCUT2D eigenvalue weighted by atomic mass is 35.5. The first-order valence-electron chi connectivity index (χ1n) is 12.8. The van der Waals surface area contributed by atoms with Crippen molar-refractivity contribution in [1.82, 2.24) is 4.90 Å². The zero-order chi connectivity index (χ0) is 29.0. The lowest BCUT2D eigenvalue weighted by molar-refractivity contribution is 0.0747. The SMILES string of the molecule is COc1ccccc1N1CCN(C(=O)c2cc(Cl)ccc2NS(=O)(=O)c2ccc(Oc3ccccc3Cl)cc2)CC1. The molecule has 4 aromatic carbocycles. The fourth-order valence-corrected chi connectivity index (χ4v) is 5.97. The van der Waals surface area contributed by atoms with E-state index in [1.807, 2.05) is 24.3 Å². The Morgan fingerprint density at radius 3 is 2.17 bits per heavy atom. The zero-order valence-corrected chi connectivity index (χ0v) is 24.4. The lowest BCUT2D eigenvalue weighted by Gasteiger charge is -2.36. The first kappa shape index (κ1) is 28.6. The molecule has 0 unspecified atom stereocenters. The van der Waals surface area contributed by atoms with Crippen molar-refractivity contribution in [3.8, 4) is 17.2 Å². The number of carbonyl (C=O) groups is 1. The van der Waals surface area contributed by atoms with Crippen LogP contribution in [0.2, 0.25) is 10.0 Å². The average molecular weight is 613 g/mol. The first-order valence-corrected chi connectivity index (χ1v) is 15.0. The van der Waals surface area contributed by atoms with Crippen LogP contribution in [-0.2, 0) is 10.0 Å². The van der Waals surface area contributed by atoms with Crippen molar-refractivity contribution < 1.29 is 22.7 Å². The van der Waals surface area contributed by atoms with Gasteiger partial charge < -0.3 is 19.3 Å². The summed E-state index contributed by atoms with van der Waals surface area (Å²) in [7, 11) is -2.40. The summed E-state index contributed by atoms with van der Waals surface area (Å²) in [5, 5.41) is 0.761. The second-order valence-corrected chi connectivity index (χ2v) is 11.8. The predicted molar refractivity (Wildman–Crippen MR) is 161 cm³/mol. The Bertz CT molecular complexity index is 1660. The summed E-state index contributed by atoms with van der Waals surface area (Å²) < 4.78 is 40.3. The van der Waals surface area contributed by atoms with Crippen LogP contribution in [-0.4, -0.2) is 52.5 Å². The normalized spacial score (nSPS) is 13.5. The molecule has 0 aliphatic carbocycles. The molecular weight excluding hydrogens is 585 g/mol.